The van der Waals surface area contributed by atoms with Crippen molar-refractivity contribution in [3.63, 3.8) is 0 Å². The fourth-order valence-electron chi connectivity index (χ4n) is 7.51. The van der Waals surface area contributed by atoms with Gasteiger partial charge < -0.3 is 34.7 Å². The Labute approximate surface area is 325 Å². The average Bonchev–Trinajstić information content (AvgIpc) is 3.21. The van der Waals surface area contributed by atoms with E-state index in [0.717, 1.165) is 90.2 Å². The second kappa shape index (κ2) is 19.2. The van der Waals surface area contributed by atoms with E-state index in [1.807, 2.05) is 24.3 Å². The van der Waals surface area contributed by atoms with E-state index in [1.165, 1.54) is 18.1 Å². The molecule has 0 radical (unpaired) electrons. The van der Waals surface area contributed by atoms with E-state index in [-0.39, 0.29) is 36.5 Å². The summed E-state index contributed by atoms with van der Waals surface area (Å²) in [6.45, 7) is 7.27. The highest BCUT2D eigenvalue weighted by Gasteiger charge is 2.39. The van der Waals surface area contributed by atoms with Crippen LogP contribution in [0.2, 0.25) is 0 Å². The quantitative estimate of drug-likeness (QED) is 0.105. The van der Waals surface area contributed by atoms with Gasteiger partial charge in [-0.05, 0) is 76.4 Å². The molecule has 2 amide bonds. The largest absolute Gasteiger partial charge is 0.493 e. The van der Waals surface area contributed by atoms with Crippen LogP contribution < -0.4 is 20.1 Å². The van der Waals surface area contributed by atoms with Crippen molar-refractivity contribution >= 4 is 11.8 Å². The normalized spacial score (nSPS) is 19.7. The zero-order valence-electron chi connectivity index (χ0n) is 32.5. The molecule has 10 heteroatoms. The first kappa shape index (κ1) is 39.9. The Morgan fingerprint density at radius 2 is 1.55 bits per heavy atom. The molecule has 292 valence electrons. The van der Waals surface area contributed by atoms with Gasteiger partial charge in [-0.25, -0.2) is 0 Å². The third-order valence-corrected chi connectivity index (χ3v) is 10.7. The molecule has 1 fully saturated rings. The summed E-state index contributed by atoms with van der Waals surface area (Å²) in [4.78, 5) is 25.9. The van der Waals surface area contributed by atoms with Crippen LogP contribution in [0.4, 0.5) is 0 Å². The predicted molar refractivity (Wildman–Crippen MR) is 212 cm³/mol. The molecule has 2 aliphatic heterocycles. The molecule has 4 atom stereocenters. The molecule has 6 rings (SSSR count). The highest BCUT2D eigenvalue weighted by atomic mass is 16.7. The van der Waals surface area contributed by atoms with Crippen molar-refractivity contribution in [3.05, 3.63) is 118 Å². The molecule has 2 heterocycles. The monoisotopic (exact) mass is 749 g/mol. The van der Waals surface area contributed by atoms with Crippen molar-refractivity contribution in [3.8, 4) is 22.6 Å². The van der Waals surface area contributed by atoms with Crippen LogP contribution in [0, 0.1) is 5.92 Å². The van der Waals surface area contributed by atoms with Gasteiger partial charge in [-0.3, -0.25) is 14.5 Å². The molecule has 10 nitrogen and oxygen atoms in total. The molecule has 0 aliphatic carbocycles. The average molecular weight is 750 g/mol. The molecular formula is C45H55N3O7. The van der Waals surface area contributed by atoms with Gasteiger partial charge in [0.1, 0.15) is 0 Å². The summed E-state index contributed by atoms with van der Waals surface area (Å²) >= 11 is 0. The Bertz CT molecular complexity index is 1880. The number of nitrogens with one attached hydrogen (secondary N) is 2. The minimum absolute atomic E-state index is 0.00423. The maximum Gasteiger partial charge on any atom is 0.220 e. The topological polar surface area (TPSA) is 119 Å². The number of nitrogens with zero attached hydrogens (tertiary/aromatic N) is 1. The molecule has 0 spiro atoms. The van der Waals surface area contributed by atoms with Gasteiger partial charge in [0.2, 0.25) is 11.8 Å². The van der Waals surface area contributed by atoms with Crippen molar-refractivity contribution < 1.29 is 33.6 Å². The van der Waals surface area contributed by atoms with Gasteiger partial charge in [0, 0.05) is 57.5 Å². The van der Waals surface area contributed by atoms with Crippen LogP contribution >= 0.6 is 0 Å². The summed E-state index contributed by atoms with van der Waals surface area (Å²) in [5.74, 6) is 1.58. The molecule has 4 aromatic rings. The zero-order valence-corrected chi connectivity index (χ0v) is 32.5. The molecule has 2 aliphatic rings. The van der Waals surface area contributed by atoms with Crippen LogP contribution in [0.15, 0.2) is 84.9 Å². The van der Waals surface area contributed by atoms with Gasteiger partial charge in [0.05, 0.1) is 33.0 Å². The summed E-state index contributed by atoms with van der Waals surface area (Å²) in [6, 6.07) is 28.8. The van der Waals surface area contributed by atoms with E-state index in [1.54, 1.807) is 14.2 Å². The van der Waals surface area contributed by atoms with E-state index < -0.39 is 6.29 Å². The lowest BCUT2D eigenvalue weighted by Crippen LogP contribution is -2.45. The smallest absolute Gasteiger partial charge is 0.220 e. The number of rotatable bonds is 16. The van der Waals surface area contributed by atoms with Crippen molar-refractivity contribution in [1.82, 2.24) is 15.5 Å². The highest BCUT2D eigenvalue weighted by molar-refractivity contribution is 5.76. The van der Waals surface area contributed by atoms with Gasteiger partial charge in [0.25, 0.3) is 0 Å². The minimum atomic E-state index is -0.564. The van der Waals surface area contributed by atoms with Crippen LogP contribution in [0.5, 0.6) is 11.5 Å². The number of unbranched alkanes of at least 4 members (excludes halogenated alkanes) is 2. The number of hydrogen-bond donors (Lipinski definition) is 3. The van der Waals surface area contributed by atoms with Crippen molar-refractivity contribution in [1.29, 1.82) is 0 Å². The first-order chi connectivity index (χ1) is 26.7. The summed E-state index contributed by atoms with van der Waals surface area (Å²) in [5.41, 5.74) is 8.55. The molecule has 4 unspecified atom stereocenters. The number of carbonyl (C=O) groups is 2. The van der Waals surface area contributed by atoms with E-state index in [2.05, 4.69) is 83.1 Å². The van der Waals surface area contributed by atoms with Gasteiger partial charge in [0.15, 0.2) is 17.8 Å². The number of amides is 2. The van der Waals surface area contributed by atoms with Gasteiger partial charge in [-0.2, -0.15) is 0 Å². The van der Waals surface area contributed by atoms with Gasteiger partial charge in [-0.1, -0.05) is 80.1 Å². The van der Waals surface area contributed by atoms with E-state index >= 15 is 0 Å². The number of benzene rings is 4. The highest BCUT2D eigenvalue weighted by Crippen LogP contribution is 2.43. The second-order valence-electron chi connectivity index (χ2n) is 14.7. The molecule has 0 bridgehead atoms. The molecule has 4 aromatic carbocycles. The molecule has 1 saturated heterocycles. The number of fused-ring (bicyclic) bond motifs is 1. The van der Waals surface area contributed by atoms with E-state index in [0.29, 0.717) is 19.5 Å². The summed E-state index contributed by atoms with van der Waals surface area (Å²) in [5, 5.41) is 15.5. The summed E-state index contributed by atoms with van der Waals surface area (Å²) in [6.07, 6.45) is 3.08. The summed E-state index contributed by atoms with van der Waals surface area (Å²) in [7, 11) is 3.35. The predicted octanol–water partition coefficient (Wildman–Crippen LogP) is 7.03. The van der Waals surface area contributed by atoms with Crippen LogP contribution in [-0.2, 0) is 45.2 Å². The van der Waals surface area contributed by atoms with Crippen LogP contribution in [0.3, 0.4) is 0 Å². The first-order valence-electron chi connectivity index (χ1n) is 19.4. The molecular weight excluding hydrogens is 695 g/mol. The third kappa shape index (κ3) is 10.5. The minimum Gasteiger partial charge on any atom is -0.493 e. The number of methoxy groups -OCH3 is 2. The summed E-state index contributed by atoms with van der Waals surface area (Å²) < 4.78 is 24.8. The number of aliphatic hydroxyl groups is 1. The SMILES string of the molecule is COc1cc2c(cc1OC)CN(CC1OC(c3ccc(-c4cccc(CNC(=O)CCCCCNC(C)=O)c4)cc3)OC(c3ccc(CO)cc3)C1C)CC2. The van der Waals surface area contributed by atoms with Crippen LogP contribution in [0.1, 0.15) is 85.3 Å². The lowest BCUT2D eigenvalue weighted by Gasteiger charge is -2.43. The fourth-order valence-corrected chi connectivity index (χ4v) is 7.51. The Morgan fingerprint density at radius 3 is 2.25 bits per heavy atom. The number of ether oxygens (including phenoxy) is 4. The van der Waals surface area contributed by atoms with Gasteiger partial charge >= 0.3 is 0 Å². The van der Waals surface area contributed by atoms with E-state index in [9.17, 15) is 14.7 Å². The molecule has 55 heavy (non-hydrogen) atoms. The Morgan fingerprint density at radius 1 is 0.818 bits per heavy atom. The van der Waals surface area contributed by atoms with Crippen molar-refractivity contribution in [2.75, 3.05) is 33.9 Å². The second-order valence-corrected chi connectivity index (χ2v) is 14.7. The molecule has 0 saturated carbocycles. The maximum absolute atomic E-state index is 12.5. The van der Waals surface area contributed by atoms with Crippen LogP contribution in [-0.4, -0.2) is 61.8 Å². The first-order valence-corrected chi connectivity index (χ1v) is 19.4. The number of hydrogen-bond acceptors (Lipinski definition) is 8. The van der Waals surface area contributed by atoms with Gasteiger partial charge in [-0.15, -0.1) is 0 Å². The third-order valence-electron chi connectivity index (χ3n) is 10.7. The van der Waals surface area contributed by atoms with Crippen molar-refractivity contribution in [2.45, 2.75) is 84.1 Å². The maximum atomic E-state index is 12.5. The number of aliphatic hydroxyl groups excluding tert-OH is 1. The zero-order chi connectivity index (χ0) is 38.7. The Kier molecular flexibility index (Phi) is 14.0. The fraction of sp³-hybridized carbons (Fsp3) is 0.422. The molecule has 3 N–H and O–H groups in total. The Hall–Kier alpha value is -4.74. The van der Waals surface area contributed by atoms with Crippen molar-refractivity contribution in [2.24, 2.45) is 5.92 Å². The number of carbonyl (C=O) groups excluding carboxylic acids is 2. The van der Waals surface area contributed by atoms with Crippen LogP contribution in [0.25, 0.3) is 11.1 Å². The standard InChI is InChI=1S/C45H55N3O7/c1-30-42(28-48-22-20-38-24-40(52-3)41(53-4)25-39(38)27-48)54-45(55-44(30)35-14-12-32(29-49)13-15-35)36-18-16-34(17-19-36)37-10-8-9-33(23-37)26-47-43(51)11-6-5-7-21-46-31(2)50/h8-10,12-19,23-25,30,42,44-45,49H,5-7,11,20-22,26-29H2,1-4H3,(H,46,50)(H,47,51). The van der Waals surface area contributed by atoms with E-state index in [4.69, 9.17) is 18.9 Å². The lowest BCUT2D eigenvalue weighted by molar-refractivity contribution is -0.276. The Balaban J connectivity index is 1.12. The molecule has 0 aromatic heterocycles. The lowest BCUT2D eigenvalue weighted by atomic mass is 9.89.